The van der Waals surface area contributed by atoms with E-state index in [4.69, 9.17) is 88.9 Å². The lowest BCUT2D eigenvalue weighted by molar-refractivity contribution is -0.154. The number of alkyl halides is 6. The van der Waals surface area contributed by atoms with E-state index in [0.29, 0.717) is 66.1 Å². The summed E-state index contributed by atoms with van der Waals surface area (Å²) < 4.78 is 14.3. The van der Waals surface area contributed by atoms with Gasteiger partial charge >= 0.3 is 24.0 Å². The van der Waals surface area contributed by atoms with Gasteiger partial charge in [0.25, 0.3) is 22.9 Å². The number of benzene rings is 2. The predicted molar refractivity (Wildman–Crippen MR) is 397 cm³/mol. The van der Waals surface area contributed by atoms with Crippen molar-refractivity contribution in [1.82, 2.24) is 61.2 Å². The SMILES string of the molecule is CC(C)[C@H](NC(=O)C(C)(C)/C=C/c1ccc2c(=O)n(C)c([C@@H](C)O)nc2c1)C(=O)N[C@@H](C)C(=O)N1CCC[C@@H](C(=O)OCC(Cl)(Cl)Cl)N1.CC(C)[C@H](NC(=O)OC(C)(C)C)C(=O)N[C@@H](C)C(=O)N1CCC[C@@H](C(=O)OCC(Cl)(Cl)Cl)N1.C[C@@H](O)c1nc2cc(/C=C/C(C)(C)C(=O)O)ccc2c(=O)n1C. The highest BCUT2D eigenvalue weighted by Crippen LogP contribution is 2.29. The van der Waals surface area contributed by atoms with Crippen molar-refractivity contribution in [2.45, 2.75) is 191 Å². The molecule has 9 N–H and O–H groups in total. The van der Waals surface area contributed by atoms with E-state index in [-0.39, 0.29) is 34.6 Å². The molecule has 0 saturated carbocycles. The van der Waals surface area contributed by atoms with Crippen molar-refractivity contribution in [3.63, 3.8) is 0 Å². The second-order valence-corrected chi connectivity index (χ2v) is 33.1. The summed E-state index contributed by atoms with van der Waals surface area (Å²) in [7, 11) is 3.12. The van der Waals surface area contributed by atoms with Gasteiger partial charge in [0.2, 0.25) is 25.3 Å². The van der Waals surface area contributed by atoms with E-state index in [1.165, 1.54) is 39.9 Å². The fraction of sp³-hybridized carbons (Fsp3) is 0.580. The number of alkyl carbamates (subject to hydrolysis) is 1. The minimum Gasteiger partial charge on any atom is -0.481 e. The number of nitrogens with zero attached hydrogens (tertiary/aromatic N) is 6. The van der Waals surface area contributed by atoms with E-state index in [0.717, 1.165) is 5.56 Å². The fourth-order valence-electron chi connectivity index (χ4n) is 10.1. The Kier molecular flexibility index (Phi) is 32.5. The highest BCUT2D eigenvalue weighted by Gasteiger charge is 2.38. The molecule has 2 aromatic heterocycles. The second-order valence-electron chi connectivity index (χ2n) is 28.1. The van der Waals surface area contributed by atoms with E-state index in [2.05, 4.69) is 42.1 Å². The first-order valence-electron chi connectivity index (χ1n) is 33.4. The van der Waals surface area contributed by atoms with Crippen LogP contribution >= 0.6 is 69.6 Å². The molecule has 6 amide bonds. The van der Waals surface area contributed by atoms with E-state index >= 15 is 0 Å². The molecule has 0 bridgehead atoms. The third-order valence-electron chi connectivity index (χ3n) is 16.1. The smallest absolute Gasteiger partial charge is 0.408 e. The molecule has 0 unspecified atom stereocenters. The van der Waals surface area contributed by atoms with Gasteiger partial charge in [-0.3, -0.25) is 67.1 Å². The summed E-state index contributed by atoms with van der Waals surface area (Å²) in [5, 5.41) is 42.8. The van der Waals surface area contributed by atoms with Gasteiger partial charge in [-0.15, -0.1) is 0 Å². The summed E-state index contributed by atoms with van der Waals surface area (Å²) in [6, 6.07) is 4.75. The number of aliphatic hydroxyl groups excluding tert-OH is 2. The maximum Gasteiger partial charge on any atom is 0.408 e. The molecule has 8 atom stereocenters. The number of rotatable bonds is 22. The van der Waals surface area contributed by atoms with Crippen molar-refractivity contribution in [3.05, 3.63) is 92.0 Å². The first kappa shape index (κ1) is 89.2. The molecule has 2 aliphatic rings. The van der Waals surface area contributed by atoms with Crippen LogP contribution in [0.2, 0.25) is 0 Å². The van der Waals surface area contributed by atoms with Gasteiger partial charge in [0, 0.05) is 27.2 Å². The van der Waals surface area contributed by atoms with Crippen LogP contribution in [-0.2, 0) is 66.7 Å². The Hall–Kier alpha value is -7.19. The van der Waals surface area contributed by atoms with Gasteiger partial charge < -0.3 is 50.8 Å². The number of hydrazine groups is 2. The lowest BCUT2D eigenvalue weighted by Gasteiger charge is -2.35. The lowest BCUT2D eigenvalue weighted by Crippen LogP contribution is -2.61. The molecular formula is C69H96Cl6N12O17. The van der Waals surface area contributed by atoms with Crippen molar-refractivity contribution < 1.29 is 72.7 Å². The van der Waals surface area contributed by atoms with Crippen LogP contribution in [0.1, 0.15) is 165 Å². The van der Waals surface area contributed by atoms with Crippen molar-refractivity contribution in [2.24, 2.45) is 36.8 Å². The summed E-state index contributed by atoms with van der Waals surface area (Å²) >= 11 is 33.7. The number of hydrogen-bond donors (Lipinski definition) is 9. The number of fused-ring (bicyclic) bond motifs is 2. The number of ether oxygens (including phenoxy) is 3. The van der Waals surface area contributed by atoms with Crippen molar-refractivity contribution >= 4 is 157 Å². The Labute approximate surface area is 633 Å². The molecule has 104 heavy (non-hydrogen) atoms. The Morgan fingerprint density at radius 2 is 0.942 bits per heavy atom. The zero-order chi connectivity index (χ0) is 79.1. The number of nitrogens with one attached hydrogen (secondary N) is 6. The molecule has 576 valence electrons. The summed E-state index contributed by atoms with van der Waals surface area (Å²) in [6.07, 6.45) is 6.00. The average Bonchev–Trinajstić information content (AvgIpc) is 0.785. The standard InChI is InChI=1S/C32H43Cl3N6O7.C20H33Cl3N4O6.C17H20N2O4/c1-17(2)24(26(43)36-18(3)27(44)41-14-8-9-22(39-41)29(46)48-16-32(33,34)35)38-30(47)31(5,6)13-12-20-10-11-21-23(15-20)37-25(19(4)42)40(7)28(21)45;1-11(2)14(25-18(31)33-19(4,5)6)15(28)24-12(3)16(29)27-9-7-8-13(26-27)17(30)32-10-20(21,22)23;1-10(20)14-18-13-9-11(7-8-17(2,3)16(22)23)5-6-12(13)15(21)19(14)4/h10-13,15,17-19,22,24,39,42H,8-9,14,16H2,1-7H3,(H,36,43)(H,38,47);11-14,26H,7-10H2,1-6H3,(H,24,28)(H,25,31);5-10,20H,1-4H3,(H,22,23)/b13-12+;;8-7+/t18-,19+,22-,24-;12-,13-,14-;10-/m001/s1. The van der Waals surface area contributed by atoms with Gasteiger partial charge in [-0.2, -0.15) is 0 Å². The quantitative estimate of drug-likeness (QED) is 0.0207. The molecule has 2 fully saturated rings. The number of hydrogen-bond acceptors (Lipinski definition) is 20. The van der Waals surface area contributed by atoms with Crippen LogP contribution in [0.15, 0.2) is 58.1 Å². The van der Waals surface area contributed by atoms with Crippen LogP contribution in [0, 0.1) is 22.7 Å². The van der Waals surface area contributed by atoms with E-state index in [9.17, 15) is 63.0 Å². The van der Waals surface area contributed by atoms with E-state index < -0.39 is 139 Å². The minimum atomic E-state index is -1.77. The Morgan fingerprint density at radius 3 is 1.28 bits per heavy atom. The van der Waals surface area contributed by atoms with Crippen LogP contribution in [0.25, 0.3) is 34.0 Å². The lowest BCUT2D eigenvalue weighted by atomic mass is 9.89. The number of aromatic nitrogens is 4. The summed E-state index contributed by atoms with van der Waals surface area (Å²) in [6.45, 7) is 24.6. The van der Waals surface area contributed by atoms with Crippen LogP contribution in [0.4, 0.5) is 4.79 Å². The first-order valence-corrected chi connectivity index (χ1v) is 35.6. The Bertz CT molecular complexity index is 3950. The number of carbonyl (C=O) groups excluding carboxylic acids is 8. The molecule has 29 nitrogen and oxygen atoms in total. The van der Waals surface area contributed by atoms with Crippen LogP contribution < -0.4 is 43.2 Å². The molecule has 4 heterocycles. The summed E-state index contributed by atoms with van der Waals surface area (Å²) in [4.78, 5) is 147. The number of halogens is 6. The molecule has 2 aromatic carbocycles. The third-order valence-corrected chi connectivity index (χ3v) is 16.7. The van der Waals surface area contributed by atoms with Gasteiger partial charge in [0.05, 0.1) is 32.6 Å². The van der Waals surface area contributed by atoms with Gasteiger partial charge in [-0.05, 0) is 149 Å². The number of carboxylic acids is 1. The summed E-state index contributed by atoms with van der Waals surface area (Å²) in [5.41, 5.74) is 4.63. The van der Waals surface area contributed by atoms with Crippen molar-refractivity contribution in [3.8, 4) is 0 Å². The first-order chi connectivity index (χ1) is 47.8. The molecular weight excluding hydrogens is 1480 g/mol. The topological polar surface area (TPSA) is 390 Å². The third kappa shape index (κ3) is 27.0. The van der Waals surface area contributed by atoms with E-state index in [1.807, 2.05) is 0 Å². The second kappa shape index (κ2) is 37.9. The molecule has 35 heteroatoms. The van der Waals surface area contributed by atoms with Gasteiger partial charge in [-0.1, -0.05) is 134 Å². The number of esters is 2. The normalized spacial score (nSPS) is 17.1. The van der Waals surface area contributed by atoms with Gasteiger partial charge in [-0.25, -0.2) is 25.6 Å². The number of carboxylic acid groups (broad SMARTS) is 1. The summed E-state index contributed by atoms with van der Waals surface area (Å²) in [5.74, 6) is -4.76. The van der Waals surface area contributed by atoms with Crippen LogP contribution in [0.3, 0.4) is 0 Å². The number of amides is 6. The van der Waals surface area contributed by atoms with Gasteiger partial charge in [0.15, 0.2) is 0 Å². The molecule has 6 rings (SSSR count). The van der Waals surface area contributed by atoms with Crippen molar-refractivity contribution in [1.29, 1.82) is 0 Å². The molecule has 0 spiro atoms. The largest absolute Gasteiger partial charge is 0.481 e. The van der Waals surface area contributed by atoms with Gasteiger partial charge in [0.1, 0.15) is 78.9 Å². The van der Waals surface area contributed by atoms with Crippen LogP contribution in [-0.4, -0.2) is 174 Å². The molecule has 0 aliphatic carbocycles. The highest BCUT2D eigenvalue weighted by atomic mass is 35.6. The highest BCUT2D eigenvalue weighted by molar-refractivity contribution is 6.68. The maximum absolute atomic E-state index is 13.4. The Morgan fingerprint density at radius 1 is 0.577 bits per heavy atom. The Balaban J connectivity index is 0.000000354. The molecule has 2 aliphatic heterocycles. The maximum atomic E-state index is 13.4. The fourth-order valence-corrected chi connectivity index (χ4v) is 10.4. The monoisotopic (exact) mass is 1570 g/mol. The number of aliphatic carboxylic acids is 1. The minimum absolute atomic E-state index is 0.229. The average molecular weight is 1580 g/mol. The zero-order valence-corrected chi connectivity index (χ0v) is 65.7. The van der Waals surface area contributed by atoms with Crippen LogP contribution in [0.5, 0.6) is 0 Å². The number of carbonyl (C=O) groups is 9. The number of aliphatic hydroxyl groups is 2. The zero-order valence-electron chi connectivity index (χ0n) is 61.2. The van der Waals surface area contributed by atoms with E-state index in [1.54, 1.807) is 158 Å². The molecule has 4 aromatic rings. The predicted octanol–water partition coefficient (Wildman–Crippen LogP) is 7.64. The molecule has 0 radical (unpaired) electrons. The molecule has 2 saturated heterocycles. The van der Waals surface area contributed by atoms with Crippen molar-refractivity contribution in [2.75, 3.05) is 26.3 Å².